The molecule has 0 heterocycles. The van der Waals surface area contributed by atoms with Crippen molar-refractivity contribution < 1.29 is 0 Å². The van der Waals surface area contributed by atoms with Gasteiger partial charge in [0, 0.05) is 16.6 Å². The fourth-order valence-corrected chi connectivity index (χ4v) is 2.22. The van der Waals surface area contributed by atoms with Gasteiger partial charge in [-0.15, -0.1) is 11.8 Å². The SMILES string of the molecule is CSc1cccc(N[C@H](C)CC(C)C)c1. The van der Waals surface area contributed by atoms with Crippen LogP contribution in [0.4, 0.5) is 5.69 Å². The second kappa shape index (κ2) is 6.06. The Kier molecular flexibility index (Phi) is 5.03. The Bertz CT molecular complexity index is 296. The summed E-state index contributed by atoms with van der Waals surface area (Å²) in [4.78, 5) is 1.32. The molecule has 0 unspecified atom stereocenters. The van der Waals surface area contributed by atoms with E-state index in [9.17, 15) is 0 Å². The molecule has 84 valence electrons. The molecule has 0 saturated carbocycles. The zero-order chi connectivity index (χ0) is 11.3. The summed E-state index contributed by atoms with van der Waals surface area (Å²) in [5.41, 5.74) is 1.23. The molecule has 1 atom stereocenters. The number of hydrogen-bond acceptors (Lipinski definition) is 2. The number of benzene rings is 1. The molecular formula is C13H21NS. The third-order valence-electron chi connectivity index (χ3n) is 2.31. The van der Waals surface area contributed by atoms with Gasteiger partial charge in [-0.05, 0) is 43.7 Å². The molecular weight excluding hydrogens is 202 g/mol. The Morgan fingerprint density at radius 3 is 2.60 bits per heavy atom. The van der Waals surface area contributed by atoms with Crippen LogP contribution in [0.1, 0.15) is 27.2 Å². The Labute approximate surface area is 97.7 Å². The summed E-state index contributed by atoms with van der Waals surface area (Å²) in [6.07, 6.45) is 3.32. The summed E-state index contributed by atoms with van der Waals surface area (Å²) in [5, 5.41) is 3.53. The van der Waals surface area contributed by atoms with Crippen LogP contribution < -0.4 is 5.32 Å². The van der Waals surface area contributed by atoms with Crippen molar-refractivity contribution in [3.63, 3.8) is 0 Å². The predicted molar refractivity (Wildman–Crippen MR) is 70.8 cm³/mol. The van der Waals surface area contributed by atoms with Crippen LogP contribution in [0, 0.1) is 5.92 Å². The van der Waals surface area contributed by atoms with Crippen LogP contribution in [0.2, 0.25) is 0 Å². The summed E-state index contributed by atoms with van der Waals surface area (Å²) in [6.45, 7) is 6.76. The van der Waals surface area contributed by atoms with Gasteiger partial charge in [0.25, 0.3) is 0 Å². The van der Waals surface area contributed by atoms with Crippen LogP contribution in [0.15, 0.2) is 29.2 Å². The molecule has 1 rings (SSSR count). The molecule has 0 fully saturated rings. The van der Waals surface area contributed by atoms with E-state index >= 15 is 0 Å². The Balaban J connectivity index is 2.55. The third kappa shape index (κ3) is 4.61. The van der Waals surface area contributed by atoms with Crippen LogP contribution in [0.5, 0.6) is 0 Å². The average molecular weight is 223 g/mol. The molecule has 0 aliphatic carbocycles. The summed E-state index contributed by atoms with van der Waals surface area (Å²) in [5.74, 6) is 0.747. The Morgan fingerprint density at radius 1 is 1.27 bits per heavy atom. The summed E-state index contributed by atoms with van der Waals surface area (Å²) >= 11 is 1.78. The molecule has 1 aromatic carbocycles. The minimum atomic E-state index is 0.544. The van der Waals surface area contributed by atoms with Gasteiger partial charge < -0.3 is 5.32 Å². The lowest BCUT2D eigenvalue weighted by atomic mass is 10.1. The van der Waals surface area contributed by atoms with E-state index in [2.05, 4.69) is 56.6 Å². The van der Waals surface area contributed by atoms with E-state index in [4.69, 9.17) is 0 Å². The van der Waals surface area contributed by atoms with E-state index in [1.165, 1.54) is 17.0 Å². The summed E-state index contributed by atoms with van der Waals surface area (Å²) < 4.78 is 0. The van der Waals surface area contributed by atoms with E-state index in [0.29, 0.717) is 6.04 Å². The lowest BCUT2D eigenvalue weighted by molar-refractivity contribution is 0.540. The molecule has 2 heteroatoms. The van der Waals surface area contributed by atoms with Gasteiger partial charge in [0.1, 0.15) is 0 Å². The minimum Gasteiger partial charge on any atom is -0.383 e. The van der Waals surface area contributed by atoms with Gasteiger partial charge in [-0.25, -0.2) is 0 Å². The quantitative estimate of drug-likeness (QED) is 0.749. The molecule has 15 heavy (non-hydrogen) atoms. The predicted octanol–water partition coefficient (Wildman–Crippen LogP) is 4.26. The van der Waals surface area contributed by atoms with Gasteiger partial charge in [-0.2, -0.15) is 0 Å². The van der Waals surface area contributed by atoms with Crippen LogP contribution in [0.25, 0.3) is 0 Å². The Hall–Kier alpha value is -0.630. The number of rotatable bonds is 5. The van der Waals surface area contributed by atoms with E-state index in [0.717, 1.165) is 5.92 Å². The van der Waals surface area contributed by atoms with Crippen LogP contribution in [-0.4, -0.2) is 12.3 Å². The van der Waals surface area contributed by atoms with E-state index in [-0.39, 0.29) is 0 Å². The Morgan fingerprint density at radius 2 is 2.00 bits per heavy atom. The fraction of sp³-hybridized carbons (Fsp3) is 0.538. The molecule has 0 spiro atoms. The smallest absolute Gasteiger partial charge is 0.0353 e. The molecule has 0 aromatic heterocycles. The third-order valence-corrected chi connectivity index (χ3v) is 3.03. The highest BCUT2D eigenvalue weighted by Crippen LogP contribution is 2.20. The average Bonchev–Trinajstić information content (AvgIpc) is 2.16. The van der Waals surface area contributed by atoms with Crippen LogP contribution in [0.3, 0.4) is 0 Å². The molecule has 1 N–H and O–H groups in total. The normalized spacial score (nSPS) is 12.9. The molecule has 0 bridgehead atoms. The lowest BCUT2D eigenvalue weighted by Gasteiger charge is -2.17. The highest BCUT2D eigenvalue weighted by molar-refractivity contribution is 7.98. The first-order valence-electron chi connectivity index (χ1n) is 5.52. The van der Waals surface area contributed by atoms with Crippen LogP contribution >= 0.6 is 11.8 Å². The zero-order valence-corrected chi connectivity index (χ0v) is 10.9. The maximum atomic E-state index is 3.53. The first-order valence-corrected chi connectivity index (χ1v) is 6.75. The maximum absolute atomic E-state index is 3.53. The number of nitrogens with one attached hydrogen (secondary N) is 1. The summed E-state index contributed by atoms with van der Waals surface area (Å²) in [6, 6.07) is 9.14. The molecule has 0 saturated heterocycles. The van der Waals surface area contributed by atoms with Crippen molar-refractivity contribution in [2.75, 3.05) is 11.6 Å². The standard InChI is InChI=1S/C13H21NS/c1-10(2)8-11(3)14-12-6-5-7-13(9-12)15-4/h5-7,9-11,14H,8H2,1-4H3/t11-/m1/s1. The fourth-order valence-electron chi connectivity index (χ4n) is 1.76. The van der Waals surface area contributed by atoms with Crippen molar-refractivity contribution in [3.8, 4) is 0 Å². The largest absolute Gasteiger partial charge is 0.383 e. The van der Waals surface area contributed by atoms with Gasteiger partial charge in [0.2, 0.25) is 0 Å². The maximum Gasteiger partial charge on any atom is 0.0353 e. The summed E-state index contributed by atoms with van der Waals surface area (Å²) in [7, 11) is 0. The van der Waals surface area contributed by atoms with Crippen molar-refractivity contribution in [3.05, 3.63) is 24.3 Å². The topological polar surface area (TPSA) is 12.0 Å². The van der Waals surface area contributed by atoms with Crippen molar-refractivity contribution in [1.29, 1.82) is 0 Å². The highest BCUT2D eigenvalue weighted by atomic mass is 32.2. The highest BCUT2D eigenvalue weighted by Gasteiger charge is 2.04. The van der Waals surface area contributed by atoms with Crippen molar-refractivity contribution >= 4 is 17.4 Å². The van der Waals surface area contributed by atoms with Crippen molar-refractivity contribution in [2.45, 2.75) is 38.1 Å². The molecule has 1 nitrogen and oxygen atoms in total. The number of thioether (sulfide) groups is 1. The van der Waals surface area contributed by atoms with Gasteiger partial charge in [0.05, 0.1) is 0 Å². The first kappa shape index (κ1) is 12.4. The molecule has 0 aliphatic heterocycles. The monoisotopic (exact) mass is 223 g/mol. The van der Waals surface area contributed by atoms with Crippen LogP contribution in [-0.2, 0) is 0 Å². The van der Waals surface area contributed by atoms with Gasteiger partial charge in [0.15, 0.2) is 0 Å². The molecule has 0 aliphatic rings. The van der Waals surface area contributed by atoms with Gasteiger partial charge >= 0.3 is 0 Å². The molecule has 0 amide bonds. The molecule has 1 aromatic rings. The van der Waals surface area contributed by atoms with Gasteiger partial charge in [-0.3, -0.25) is 0 Å². The molecule has 0 radical (unpaired) electrons. The first-order chi connectivity index (χ1) is 7.11. The zero-order valence-electron chi connectivity index (χ0n) is 10.1. The van der Waals surface area contributed by atoms with E-state index < -0.39 is 0 Å². The second-order valence-electron chi connectivity index (χ2n) is 4.41. The van der Waals surface area contributed by atoms with Crippen molar-refractivity contribution in [2.24, 2.45) is 5.92 Å². The number of anilines is 1. The minimum absolute atomic E-state index is 0.544. The van der Waals surface area contributed by atoms with E-state index in [1.807, 2.05) is 0 Å². The van der Waals surface area contributed by atoms with Gasteiger partial charge in [-0.1, -0.05) is 19.9 Å². The van der Waals surface area contributed by atoms with E-state index in [1.54, 1.807) is 11.8 Å². The second-order valence-corrected chi connectivity index (χ2v) is 5.29. The van der Waals surface area contributed by atoms with Crippen molar-refractivity contribution in [1.82, 2.24) is 0 Å². The lowest BCUT2D eigenvalue weighted by Crippen LogP contribution is -2.17. The number of hydrogen-bond donors (Lipinski definition) is 1.